The lowest BCUT2D eigenvalue weighted by Gasteiger charge is -2.32. The van der Waals surface area contributed by atoms with Crippen LogP contribution in [-0.4, -0.2) is 53.4 Å². The van der Waals surface area contributed by atoms with Crippen molar-refractivity contribution in [3.05, 3.63) is 28.8 Å². The molecule has 0 spiro atoms. The van der Waals surface area contributed by atoms with Gasteiger partial charge in [-0.2, -0.15) is 0 Å². The van der Waals surface area contributed by atoms with Gasteiger partial charge < -0.3 is 19.3 Å². The van der Waals surface area contributed by atoms with E-state index in [-0.39, 0.29) is 12.0 Å². The first-order valence-corrected chi connectivity index (χ1v) is 9.11. The zero-order valence-electron chi connectivity index (χ0n) is 15.2. The fourth-order valence-electron chi connectivity index (χ4n) is 3.07. The average molecular weight is 366 g/mol. The number of benzene rings is 1. The lowest BCUT2D eigenvalue weighted by molar-refractivity contribution is 0.00578. The van der Waals surface area contributed by atoms with Gasteiger partial charge in [-0.1, -0.05) is 17.7 Å². The highest BCUT2D eigenvalue weighted by atomic mass is 35.5. The van der Waals surface area contributed by atoms with Crippen molar-refractivity contribution in [1.82, 2.24) is 4.90 Å². The Hall–Kier alpha value is -1.08. The fraction of sp³-hybridized carbons (Fsp3) is 0.611. The van der Waals surface area contributed by atoms with Crippen molar-refractivity contribution in [3.63, 3.8) is 0 Å². The predicted molar refractivity (Wildman–Crippen MR) is 98.3 cm³/mol. The molecule has 2 saturated heterocycles. The quantitative estimate of drug-likeness (QED) is 0.817. The van der Waals surface area contributed by atoms with Crippen molar-refractivity contribution in [3.8, 4) is 0 Å². The number of aliphatic hydroxyl groups is 1. The van der Waals surface area contributed by atoms with Crippen LogP contribution in [0.3, 0.4) is 0 Å². The Balaban J connectivity index is 1.77. The monoisotopic (exact) mass is 365 g/mol. The Kier molecular flexibility index (Phi) is 4.92. The molecule has 0 atom stereocenters. The van der Waals surface area contributed by atoms with Gasteiger partial charge in [0, 0.05) is 29.1 Å². The highest BCUT2D eigenvalue weighted by Gasteiger charge is 2.52. The van der Waals surface area contributed by atoms with Crippen LogP contribution >= 0.6 is 11.6 Å². The lowest BCUT2D eigenvalue weighted by atomic mass is 9.78. The van der Waals surface area contributed by atoms with Crippen LogP contribution in [0.2, 0.25) is 5.02 Å². The summed E-state index contributed by atoms with van der Waals surface area (Å²) in [4.78, 5) is 14.4. The molecule has 2 aliphatic rings. The minimum atomic E-state index is -0.549. The second-order valence-corrected chi connectivity index (χ2v) is 8.26. The van der Waals surface area contributed by atoms with Crippen LogP contribution in [0.5, 0.6) is 0 Å². The summed E-state index contributed by atoms with van der Waals surface area (Å²) < 4.78 is 12.1. The number of hydrogen-bond donors (Lipinski definition) is 1. The number of rotatable bonds is 2. The first-order valence-electron chi connectivity index (χ1n) is 8.73. The van der Waals surface area contributed by atoms with Crippen LogP contribution in [0, 0.1) is 0 Å². The summed E-state index contributed by atoms with van der Waals surface area (Å²) in [5.74, 6) is -0.0609. The van der Waals surface area contributed by atoms with Crippen molar-refractivity contribution in [2.45, 2.75) is 57.8 Å². The topological polar surface area (TPSA) is 59.0 Å². The number of likely N-dealkylation sites (tertiary alicyclic amines) is 1. The zero-order valence-corrected chi connectivity index (χ0v) is 16.0. The summed E-state index contributed by atoms with van der Waals surface area (Å²) in [6, 6.07) is 5.24. The van der Waals surface area contributed by atoms with Crippen molar-refractivity contribution in [2.75, 3.05) is 13.1 Å². The molecule has 3 rings (SSSR count). The van der Waals surface area contributed by atoms with Gasteiger partial charge in [0.25, 0.3) is 5.91 Å². The number of aliphatic hydroxyl groups excluding tert-OH is 1. The number of halogens is 1. The largest absolute Gasteiger partial charge is 0.496 e. The minimum Gasteiger partial charge on any atom is -0.399 e. The summed E-state index contributed by atoms with van der Waals surface area (Å²) in [5.41, 5.74) is 0.390. The van der Waals surface area contributed by atoms with Gasteiger partial charge in [0.2, 0.25) is 0 Å². The van der Waals surface area contributed by atoms with Crippen LogP contribution in [-0.2, 0) is 9.31 Å². The van der Waals surface area contributed by atoms with Crippen molar-refractivity contribution in [2.24, 2.45) is 0 Å². The Labute approximate surface area is 154 Å². The van der Waals surface area contributed by atoms with E-state index in [0.717, 1.165) is 5.46 Å². The molecule has 0 aromatic heterocycles. The molecule has 0 saturated carbocycles. The molecule has 1 amide bonds. The molecule has 2 fully saturated rings. The van der Waals surface area contributed by atoms with Gasteiger partial charge in [-0.3, -0.25) is 4.79 Å². The van der Waals surface area contributed by atoms with Gasteiger partial charge in [0.1, 0.15) is 0 Å². The van der Waals surface area contributed by atoms with E-state index in [9.17, 15) is 9.90 Å². The third kappa shape index (κ3) is 3.58. The Morgan fingerprint density at radius 3 is 2.28 bits per heavy atom. The van der Waals surface area contributed by atoms with E-state index in [1.807, 2.05) is 27.7 Å². The van der Waals surface area contributed by atoms with Gasteiger partial charge in [-0.05, 0) is 52.7 Å². The molecule has 1 aromatic carbocycles. The molecule has 5 nitrogen and oxygen atoms in total. The minimum absolute atomic E-state index is 0.0609. The second-order valence-electron chi connectivity index (χ2n) is 7.85. The van der Waals surface area contributed by atoms with Crippen LogP contribution in [0.15, 0.2) is 18.2 Å². The average Bonchev–Trinajstić information content (AvgIpc) is 2.75. The van der Waals surface area contributed by atoms with E-state index in [0.29, 0.717) is 36.5 Å². The van der Waals surface area contributed by atoms with Crippen LogP contribution < -0.4 is 5.46 Å². The Morgan fingerprint density at radius 2 is 1.76 bits per heavy atom. The third-order valence-corrected chi connectivity index (χ3v) is 5.83. The molecule has 0 aliphatic carbocycles. The maximum atomic E-state index is 12.6. The number of piperidine rings is 1. The lowest BCUT2D eigenvalue weighted by Crippen LogP contribution is -2.41. The normalized spacial score (nSPS) is 23.1. The smallest absolute Gasteiger partial charge is 0.399 e. The van der Waals surface area contributed by atoms with Gasteiger partial charge in [-0.15, -0.1) is 0 Å². The standard InChI is InChI=1S/C18H25BClNO4/c1-17(2)18(3,4)25-19(24-17)14-6-5-12(11-15(14)20)16(23)21-9-7-13(22)8-10-21/h5-6,11,13,22H,7-10H2,1-4H3. The first-order chi connectivity index (χ1) is 11.6. The molecular weight excluding hydrogens is 340 g/mol. The van der Waals surface area contributed by atoms with E-state index in [1.54, 1.807) is 23.1 Å². The summed E-state index contributed by atoms with van der Waals surface area (Å²) in [7, 11) is -0.549. The molecule has 25 heavy (non-hydrogen) atoms. The SMILES string of the molecule is CC1(C)OB(c2ccc(C(=O)N3CCC(O)CC3)cc2Cl)OC1(C)C. The molecule has 2 heterocycles. The number of carbonyl (C=O) groups excluding carboxylic acids is 1. The van der Waals surface area contributed by atoms with Gasteiger partial charge in [0.15, 0.2) is 0 Å². The fourth-order valence-corrected chi connectivity index (χ4v) is 3.34. The van der Waals surface area contributed by atoms with Crippen LogP contribution in [0.25, 0.3) is 0 Å². The Bertz CT molecular complexity index is 655. The Morgan fingerprint density at radius 1 is 1.20 bits per heavy atom. The van der Waals surface area contributed by atoms with Crippen molar-refractivity contribution >= 4 is 30.1 Å². The number of carbonyl (C=O) groups is 1. The highest BCUT2D eigenvalue weighted by Crippen LogP contribution is 2.37. The number of hydrogen-bond acceptors (Lipinski definition) is 4. The van der Waals surface area contributed by atoms with E-state index < -0.39 is 18.3 Å². The van der Waals surface area contributed by atoms with E-state index >= 15 is 0 Å². The highest BCUT2D eigenvalue weighted by molar-refractivity contribution is 6.65. The molecule has 7 heteroatoms. The van der Waals surface area contributed by atoms with E-state index in [2.05, 4.69) is 0 Å². The molecule has 2 aliphatic heterocycles. The molecule has 0 unspecified atom stereocenters. The van der Waals surface area contributed by atoms with Crippen LogP contribution in [0.4, 0.5) is 0 Å². The molecule has 1 aromatic rings. The zero-order chi connectivity index (χ0) is 18.4. The molecule has 1 N–H and O–H groups in total. The summed E-state index contributed by atoms with van der Waals surface area (Å²) in [6.45, 7) is 9.09. The molecule has 0 radical (unpaired) electrons. The molecule has 0 bridgehead atoms. The second kappa shape index (κ2) is 6.58. The summed E-state index contributed by atoms with van der Waals surface area (Å²) in [5, 5.41) is 10.0. The predicted octanol–water partition coefficient (Wildman–Crippen LogP) is 2.24. The number of amides is 1. The third-order valence-electron chi connectivity index (χ3n) is 5.51. The van der Waals surface area contributed by atoms with E-state index in [4.69, 9.17) is 20.9 Å². The first kappa shape index (κ1) is 18.7. The number of nitrogens with zero attached hydrogens (tertiary/aromatic N) is 1. The van der Waals surface area contributed by atoms with Crippen LogP contribution in [0.1, 0.15) is 50.9 Å². The molecular formula is C18H25BClNO4. The molecule has 136 valence electrons. The van der Waals surface area contributed by atoms with Gasteiger partial charge >= 0.3 is 7.12 Å². The summed E-state index contributed by atoms with van der Waals surface area (Å²) >= 11 is 6.43. The maximum absolute atomic E-state index is 12.6. The van der Waals surface area contributed by atoms with Gasteiger partial charge in [0.05, 0.1) is 17.3 Å². The maximum Gasteiger partial charge on any atom is 0.496 e. The van der Waals surface area contributed by atoms with E-state index in [1.165, 1.54) is 0 Å². The van der Waals surface area contributed by atoms with Crippen molar-refractivity contribution in [1.29, 1.82) is 0 Å². The van der Waals surface area contributed by atoms with Crippen molar-refractivity contribution < 1.29 is 19.2 Å². The van der Waals surface area contributed by atoms with Gasteiger partial charge in [-0.25, -0.2) is 0 Å². The summed E-state index contributed by atoms with van der Waals surface area (Å²) in [6.07, 6.45) is 0.926.